The monoisotopic (exact) mass is 411 g/mol. The summed E-state index contributed by atoms with van der Waals surface area (Å²) in [6.45, 7) is 0.469. The van der Waals surface area contributed by atoms with Gasteiger partial charge in [-0.2, -0.15) is 5.26 Å². The van der Waals surface area contributed by atoms with Crippen LogP contribution in [0.15, 0.2) is 77.0 Å². The fourth-order valence-corrected chi connectivity index (χ4v) is 3.53. The lowest BCUT2D eigenvalue weighted by Gasteiger charge is -2.05. The zero-order valence-electron chi connectivity index (χ0n) is 16.8. The number of para-hydroxylation sites is 1. The van der Waals surface area contributed by atoms with Crippen LogP contribution in [0.1, 0.15) is 12.8 Å². The number of aromatic nitrogens is 1. The van der Waals surface area contributed by atoms with Gasteiger partial charge in [0.05, 0.1) is 18.1 Å². The van der Waals surface area contributed by atoms with E-state index in [2.05, 4.69) is 21.6 Å². The number of nitriles is 1. The van der Waals surface area contributed by atoms with Gasteiger partial charge in [-0.3, -0.25) is 4.79 Å². The third-order valence-corrected chi connectivity index (χ3v) is 5.04. The lowest BCUT2D eigenvalue weighted by atomic mass is 10.1. The zero-order chi connectivity index (χ0) is 21.6. The van der Waals surface area contributed by atoms with Crippen molar-refractivity contribution in [3.63, 3.8) is 0 Å². The Labute approximate surface area is 179 Å². The molecule has 0 spiro atoms. The number of hydrogen-bond acceptors (Lipinski definition) is 5. The molecule has 0 aliphatic rings. The summed E-state index contributed by atoms with van der Waals surface area (Å²) in [6.07, 6.45) is 0.996. The van der Waals surface area contributed by atoms with Crippen molar-refractivity contribution in [2.45, 2.75) is 19.4 Å². The average molecular weight is 411 g/mol. The van der Waals surface area contributed by atoms with Gasteiger partial charge in [-0.25, -0.2) is 0 Å². The number of hydrogen-bond donors (Lipinski definition) is 2. The fraction of sp³-hybridized carbons (Fsp3) is 0.167. The number of benzene rings is 3. The zero-order valence-corrected chi connectivity index (χ0v) is 16.8. The van der Waals surface area contributed by atoms with E-state index in [9.17, 15) is 9.90 Å². The first kappa shape index (κ1) is 20.1. The minimum absolute atomic E-state index is 0.0105. The van der Waals surface area contributed by atoms with Gasteiger partial charge >= 0.3 is 0 Å². The summed E-state index contributed by atoms with van der Waals surface area (Å²) >= 11 is 0. The lowest BCUT2D eigenvalue weighted by Crippen LogP contribution is -2.10. The summed E-state index contributed by atoms with van der Waals surface area (Å²) in [6, 6.07) is 23.3. The predicted molar refractivity (Wildman–Crippen MR) is 120 cm³/mol. The molecule has 154 valence electrons. The molecule has 2 N–H and O–H groups in total. The Morgan fingerprint density at radius 3 is 2.68 bits per heavy atom. The molecule has 1 amide bonds. The molecule has 0 aliphatic carbocycles. The highest BCUT2D eigenvalue weighted by Gasteiger charge is 2.16. The van der Waals surface area contributed by atoms with Crippen LogP contribution in [0.3, 0.4) is 0 Å². The minimum atomic E-state index is -0.450. The van der Waals surface area contributed by atoms with E-state index in [4.69, 9.17) is 5.26 Å². The van der Waals surface area contributed by atoms with Crippen molar-refractivity contribution in [3.8, 4) is 11.9 Å². The number of anilines is 1. The molecule has 0 atom stereocenters. The number of carbonyl (C=O) groups is 1. The van der Waals surface area contributed by atoms with Gasteiger partial charge in [-0.15, -0.1) is 10.2 Å². The van der Waals surface area contributed by atoms with Gasteiger partial charge in [0.15, 0.2) is 5.69 Å². The molecule has 7 heteroatoms. The van der Waals surface area contributed by atoms with E-state index in [0.717, 1.165) is 22.0 Å². The smallest absolute Gasteiger partial charge is 0.283 e. The third kappa shape index (κ3) is 4.38. The number of aromatic hydroxyl groups is 1. The molecule has 0 unspecified atom stereocenters. The number of carbonyl (C=O) groups excluding carboxylic acids is 1. The lowest BCUT2D eigenvalue weighted by molar-refractivity contribution is -0.116. The fourth-order valence-electron chi connectivity index (χ4n) is 3.53. The number of nitrogens with one attached hydrogen (secondary N) is 1. The molecule has 3 aromatic carbocycles. The van der Waals surface area contributed by atoms with Crippen molar-refractivity contribution in [1.82, 2.24) is 4.57 Å². The summed E-state index contributed by atoms with van der Waals surface area (Å²) in [7, 11) is 0. The molecule has 1 aromatic heterocycles. The van der Waals surface area contributed by atoms with Crippen molar-refractivity contribution < 1.29 is 9.90 Å². The Bertz CT molecular complexity index is 1320. The maximum atomic E-state index is 12.3. The quantitative estimate of drug-likeness (QED) is 0.308. The number of unbranched alkanes of at least 4 members (excludes halogenated alkanes) is 1. The third-order valence-electron chi connectivity index (χ3n) is 5.04. The van der Waals surface area contributed by atoms with E-state index in [-0.39, 0.29) is 18.1 Å². The molecular formula is C24H21N5O2. The van der Waals surface area contributed by atoms with Crippen LogP contribution < -0.4 is 5.32 Å². The van der Waals surface area contributed by atoms with Crippen LogP contribution in [0.25, 0.3) is 21.7 Å². The van der Waals surface area contributed by atoms with E-state index in [1.807, 2.05) is 66.7 Å². The Morgan fingerprint density at radius 2 is 1.84 bits per heavy atom. The van der Waals surface area contributed by atoms with E-state index >= 15 is 0 Å². The van der Waals surface area contributed by atoms with Gasteiger partial charge in [0, 0.05) is 24.0 Å². The number of aryl methyl sites for hydroxylation is 1. The van der Waals surface area contributed by atoms with Crippen molar-refractivity contribution >= 4 is 39.0 Å². The maximum absolute atomic E-state index is 12.3. The van der Waals surface area contributed by atoms with Crippen LogP contribution >= 0.6 is 0 Å². The van der Waals surface area contributed by atoms with E-state index in [0.29, 0.717) is 24.8 Å². The Morgan fingerprint density at radius 1 is 1.06 bits per heavy atom. The number of amides is 1. The second-order valence-corrected chi connectivity index (χ2v) is 7.11. The van der Waals surface area contributed by atoms with Crippen LogP contribution in [-0.4, -0.2) is 22.1 Å². The van der Waals surface area contributed by atoms with Crippen molar-refractivity contribution in [1.29, 1.82) is 5.26 Å². The summed E-state index contributed by atoms with van der Waals surface area (Å²) in [5.41, 5.74) is 1.86. The van der Waals surface area contributed by atoms with Crippen LogP contribution in [-0.2, 0) is 11.3 Å². The van der Waals surface area contributed by atoms with E-state index in [1.54, 1.807) is 4.57 Å². The normalized spacial score (nSPS) is 11.2. The molecule has 7 nitrogen and oxygen atoms in total. The van der Waals surface area contributed by atoms with Crippen LogP contribution in [0.5, 0.6) is 5.88 Å². The molecule has 31 heavy (non-hydrogen) atoms. The number of azo groups is 1. The molecule has 1 heterocycles. The van der Waals surface area contributed by atoms with Gasteiger partial charge in [0.25, 0.3) is 5.91 Å². The summed E-state index contributed by atoms with van der Waals surface area (Å²) < 4.78 is 1.69. The number of rotatable bonds is 7. The largest absolute Gasteiger partial charge is 0.493 e. The molecule has 4 aromatic rings. The predicted octanol–water partition coefficient (Wildman–Crippen LogP) is 5.53. The average Bonchev–Trinajstić information content (AvgIpc) is 3.07. The SMILES string of the molecule is N#CCCCn1c(O)c(N=NC(=O)CNc2ccc3ccccc3c2)c2ccccc21. The second kappa shape index (κ2) is 9.09. The topological polar surface area (TPSA) is 103 Å². The van der Waals surface area contributed by atoms with Crippen LogP contribution in [0, 0.1) is 11.3 Å². The van der Waals surface area contributed by atoms with Gasteiger partial charge in [0.2, 0.25) is 5.88 Å². The first-order valence-corrected chi connectivity index (χ1v) is 10.0. The molecule has 0 aliphatic heterocycles. The first-order valence-electron chi connectivity index (χ1n) is 10.0. The standard InChI is InChI=1S/C24H21N5O2/c25-13-5-6-14-29-21-10-4-3-9-20(21)23(24(29)31)28-27-22(30)16-26-19-12-11-17-7-1-2-8-18(17)15-19/h1-4,7-12,15,26,31H,5-6,14,16H2. The highest BCUT2D eigenvalue weighted by Crippen LogP contribution is 2.39. The van der Waals surface area contributed by atoms with Crippen molar-refractivity contribution in [2.75, 3.05) is 11.9 Å². The van der Waals surface area contributed by atoms with Gasteiger partial charge in [-0.05, 0) is 35.4 Å². The summed E-state index contributed by atoms with van der Waals surface area (Å²) in [5, 5.41) is 33.2. The van der Waals surface area contributed by atoms with Crippen molar-refractivity contribution in [2.24, 2.45) is 10.2 Å². The van der Waals surface area contributed by atoms with E-state index < -0.39 is 5.91 Å². The summed E-state index contributed by atoms with van der Waals surface area (Å²) in [5.74, 6) is -0.507. The molecular weight excluding hydrogens is 390 g/mol. The van der Waals surface area contributed by atoms with Gasteiger partial charge in [-0.1, -0.05) is 48.5 Å². The van der Waals surface area contributed by atoms with Crippen molar-refractivity contribution in [3.05, 3.63) is 66.7 Å². The van der Waals surface area contributed by atoms with Crippen LogP contribution in [0.4, 0.5) is 11.4 Å². The maximum Gasteiger partial charge on any atom is 0.283 e. The Kier molecular flexibility index (Phi) is 5.90. The molecule has 0 bridgehead atoms. The van der Waals surface area contributed by atoms with Gasteiger partial charge in [0.1, 0.15) is 0 Å². The molecule has 0 fully saturated rings. The Hall–Kier alpha value is -4.18. The molecule has 0 radical (unpaired) electrons. The summed E-state index contributed by atoms with van der Waals surface area (Å²) in [4.78, 5) is 12.3. The molecule has 4 rings (SSSR count). The number of fused-ring (bicyclic) bond motifs is 2. The highest BCUT2D eigenvalue weighted by atomic mass is 16.3. The second-order valence-electron chi connectivity index (χ2n) is 7.11. The molecule has 0 saturated carbocycles. The number of nitrogens with zero attached hydrogens (tertiary/aromatic N) is 4. The minimum Gasteiger partial charge on any atom is -0.493 e. The Balaban J connectivity index is 1.49. The molecule has 0 saturated heterocycles. The highest BCUT2D eigenvalue weighted by molar-refractivity contribution is 5.95. The van der Waals surface area contributed by atoms with E-state index in [1.165, 1.54) is 0 Å². The van der Waals surface area contributed by atoms with Gasteiger partial charge < -0.3 is 15.0 Å². The van der Waals surface area contributed by atoms with Crippen LogP contribution in [0.2, 0.25) is 0 Å². The first-order chi connectivity index (χ1) is 15.2.